The van der Waals surface area contributed by atoms with Crippen LogP contribution in [-0.4, -0.2) is 50.0 Å². The van der Waals surface area contributed by atoms with E-state index in [1.54, 1.807) is 17.5 Å². The lowest BCUT2D eigenvalue weighted by atomic mass is 9.96. The summed E-state index contributed by atoms with van der Waals surface area (Å²) in [7, 11) is 0. The fourth-order valence-corrected chi connectivity index (χ4v) is 5.97. The number of fused-ring (bicyclic) bond motifs is 2. The number of aryl methyl sites for hydroxylation is 1. The van der Waals surface area contributed by atoms with E-state index >= 15 is 0 Å². The summed E-state index contributed by atoms with van der Waals surface area (Å²) in [6.45, 7) is 3.22. The van der Waals surface area contributed by atoms with Gasteiger partial charge < -0.3 is 14.4 Å². The highest BCUT2D eigenvalue weighted by Crippen LogP contribution is 2.38. The number of benzene rings is 1. The van der Waals surface area contributed by atoms with Crippen LogP contribution >= 0.6 is 11.3 Å². The molecule has 2 N–H and O–H groups in total. The summed E-state index contributed by atoms with van der Waals surface area (Å²) in [5.74, 6) is 1.14. The topological polar surface area (TPSA) is 130 Å². The number of aromatic amines is 1. The summed E-state index contributed by atoms with van der Waals surface area (Å²) in [5, 5.41) is 9.99. The molecule has 5 aromatic rings. The standard InChI is InChI=1S/C26H21N7O3S/c1-13-28-24(36-32-13)14-6-9-33(10-7-14)26-29-18-5-3-2-4-16(18)21(30-26)20-19(22(34)31-23(20)35)17-12-27-25-15(17)8-11-37-25/h2-5,8,11-12,14,27H,6-7,9-10H2,1H3,(H,31,34,35). The zero-order chi connectivity index (χ0) is 25.1. The Morgan fingerprint density at radius 3 is 2.62 bits per heavy atom. The number of amides is 2. The summed E-state index contributed by atoms with van der Waals surface area (Å²) >= 11 is 1.55. The Morgan fingerprint density at radius 2 is 1.81 bits per heavy atom. The number of rotatable bonds is 4. The highest BCUT2D eigenvalue weighted by Gasteiger charge is 2.36. The molecule has 10 nitrogen and oxygen atoms in total. The van der Waals surface area contributed by atoms with Crippen molar-refractivity contribution in [2.75, 3.05) is 18.0 Å². The molecular formula is C26H21N7O3S. The molecule has 184 valence electrons. The second-order valence-electron chi connectivity index (χ2n) is 9.23. The molecule has 0 radical (unpaired) electrons. The van der Waals surface area contributed by atoms with Crippen molar-refractivity contribution < 1.29 is 14.1 Å². The Bertz CT molecular complexity index is 1740. The van der Waals surface area contributed by atoms with Crippen LogP contribution in [0.2, 0.25) is 0 Å². The largest absolute Gasteiger partial charge is 0.352 e. The van der Waals surface area contributed by atoms with Gasteiger partial charge in [0.1, 0.15) is 4.83 Å². The van der Waals surface area contributed by atoms with Gasteiger partial charge in [0.05, 0.1) is 22.4 Å². The van der Waals surface area contributed by atoms with E-state index in [-0.39, 0.29) is 11.5 Å². The van der Waals surface area contributed by atoms with Gasteiger partial charge in [0.25, 0.3) is 11.8 Å². The fourth-order valence-electron chi connectivity index (χ4n) is 5.20. The number of carbonyl (C=O) groups excluding carboxylic acids is 2. The Kier molecular flexibility index (Phi) is 4.93. The molecule has 0 aliphatic carbocycles. The van der Waals surface area contributed by atoms with Crippen molar-refractivity contribution in [3.8, 4) is 0 Å². The Morgan fingerprint density at radius 1 is 1.00 bits per heavy atom. The van der Waals surface area contributed by atoms with E-state index in [4.69, 9.17) is 14.5 Å². The van der Waals surface area contributed by atoms with Crippen LogP contribution in [0.15, 0.2) is 46.4 Å². The van der Waals surface area contributed by atoms with Crippen LogP contribution in [0.25, 0.3) is 32.3 Å². The van der Waals surface area contributed by atoms with Crippen LogP contribution in [0.1, 0.15) is 41.7 Å². The minimum Gasteiger partial charge on any atom is -0.352 e. The Hall–Kier alpha value is -4.38. The maximum Gasteiger partial charge on any atom is 0.261 e. The van der Waals surface area contributed by atoms with Crippen LogP contribution in [0.5, 0.6) is 0 Å². The molecule has 2 amide bonds. The maximum absolute atomic E-state index is 13.2. The minimum absolute atomic E-state index is 0.187. The van der Waals surface area contributed by atoms with Crippen LogP contribution in [-0.2, 0) is 9.59 Å². The number of H-pyrrole nitrogens is 1. The number of nitrogens with zero attached hydrogens (tertiary/aromatic N) is 5. The second kappa shape index (κ2) is 8.34. The summed E-state index contributed by atoms with van der Waals surface area (Å²) in [4.78, 5) is 46.6. The zero-order valence-electron chi connectivity index (χ0n) is 19.8. The van der Waals surface area contributed by atoms with E-state index < -0.39 is 11.8 Å². The maximum atomic E-state index is 13.2. The number of para-hydroxylation sites is 1. The summed E-state index contributed by atoms with van der Waals surface area (Å²) < 4.78 is 5.39. The molecule has 0 atom stereocenters. The number of thiophene rings is 1. The van der Waals surface area contributed by atoms with E-state index in [1.807, 2.05) is 42.6 Å². The molecule has 0 unspecified atom stereocenters. The first-order valence-electron chi connectivity index (χ1n) is 12.0. The van der Waals surface area contributed by atoms with Gasteiger partial charge in [-0.3, -0.25) is 14.9 Å². The molecule has 0 saturated carbocycles. The monoisotopic (exact) mass is 511 g/mol. The fraction of sp³-hybridized carbons (Fsp3) is 0.231. The highest BCUT2D eigenvalue weighted by molar-refractivity contribution is 7.16. The lowest BCUT2D eigenvalue weighted by Crippen LogP contribution is -2.34. The van der Waals surface area contributed by atoms with Crippen molar-refractivity contribution in [2.45, 2.75) is 25.7 Å². The predicted octanol–water partition coefficient (Wildman–Crippen LogP) is 3.82. The minimum atomic E-state index is -0.454. The summed E-state index contributed by atoms with van der Waals surface area (Å²) in [5.41, 5.74) is 2.46. The first-order valence-corrected chi connectivity index (χ1v) is 12.9. The third-order valence-electron chi connectivity index (χ3n) is 7.00. The third-order valence-corrected chi connectivity index (χ3v) is 7.85. The predicted molar refractivity (Wildman–Crippen MR) is 139 cm³/mol. The molecule has 1 aromatic carbocycles. The first-order chi connectivity index (χ1) is 18.1. The SMILES string of the molecule is Cc1noc(C2CCN(c3nc(C4=C(c5c[nH]c6sccc56)C(=O)NC4=O)c4ccccc4n3)CC2)n1. The third kappa shape index (κ3) is 3.53. The van der Waals surface area contributed by atoms with E-state index in [0.717, 1.165) is 28.4 Å². The molecule has 0 bridgehead atoms. The molecule has 4 aromatic heterocycles. The second-order valence-corrected chi connectivity index (χ2v) is 10.1. The number of carbonyl (C=O) groups is 2. The first kappa shape index (κ1) is 21.9. The highest BCUT2D eigenvalue weighted by atomic mass is 32.1. The molecule has 37 heavy (non-hydrogen) atoms. The molecule has 11 heteroatoms. The number of piperidine rings is 1. The number of hydrogen-bond acceptors (Lipinski definition) is 9. The number of aromatic nitrogens is 5. The average Bonchev–Trinajstić information content (AvgIpc) is 3.69. The number of hydrogen-bond donors (Lipinski definition) is 2. The summed E-state index contributed by atoms with van der Waals surface area (Å²) in [6, 6.07) is 9.53. The van der Waals surface area contributed by atoms with Gasteiger partial charge in [-0.1, -0.05) is 23.4 Å². The molecule has 6 heterocycles. The Balaban J connectivity index is 1.33. The van der Waals surface area contributed by atoms with Crippen molar-refractivity contribution in [3.63, 3.8) is 0 Å². The van der Waals surface area contributed by atoms with Gasteiger partial charge in [0, 0.05) is 41.5 Å². The average molecular weight is 512 g/mol. The molecule has 0 spiro atoms. The molecule has 7 rings (SSSR count). The number of nitrogens with one attached hydrogen (secondary N) is 2. The van der Waals surface area contributed by atoms with E-state index in [1.165, 1.54) is 0 Å². The molecule has 2 aliphatic heterocycles. The van der Waals surface area contributed by atoms with E-state index in [9.17, 15) is 9.59 Å². The van der Waals surface area contributed by atoms with Crippen LogP contribution in [0, 0.1) is 6.92 Å². The van der Waals surface area contributed by atoms with Crippen molar-refractivity contribution in [1.29, 1.82) is 0 Å². The quantitative estimate of drug-likeness (QED) is 0.349. The van der Waals surface area contributed by atoms with Gasteiger partial charge in [-0.25, -0.2) is 9.97 Å². The van der Waals surface area contributed by atoms with Crippen molar-refractivity contribution >= 4 is 61.4 Å². The van der Waals surface area contributed by atoms with Crippen molar-refractivity contribution in [2.24, 2.45) is 0 Å². The molecule has 1 fully saturated rings. The number of imide groups is 1. The molecular weight excluding hydrogens is 490 g/mol. The van der Waals surface area contributed by atoms with Crippen LogP contribution in [0.4, 0.5) is 5.95 Å². The lowest BCUT2D eigenvalue weighted by Gasteiger charge is -2.30. The lowest BCUT2D eigenvalue weighted by molar-refractivity contribution is -0.122. The normalized spacial score (nSPS) is 16.9. The van der Waals surface area contributed by atoms with Gasteiger partial charge in [-0.2, -0.15) is 4.98 Å². The molecule has 2 aliphatic rings. The van der Waals surface area contributed by atoms with E-state index in [0.29, 0.717) is 53.1 Å². The molecule has 1 saturated heterocycles. The number of anilines is 1. The van der Waals surface area contributed by atoms with Crippen LogP contribution in [0.3, 0.4) is 0 Å². The van der Waals surface area contributed by atoms with Gasteiger partial charge in [0.15, 0.2) is 5.82 Å². The Labute approximate surface area is 214 Å². The van der Waals surface area contributed by atoms with Crippen molar-refractivity contribution in [1.82, 2.24) is 30.4 Å². The zero-order valence-corrected chi connectivity index (χ0v) is 20.6. The van der Waals surface area contributed by atoms with Gasteiger partial charge in [-0.15, -0.1) is 11.3 Å². The summed E-state index contributed by atoms with van der Waals surface area (Å²) in [6.07, 6.45) is 3.42. The van der Waals surface area contributed by atoms with Gasteiger partial charge >= 0.3 is 0 Å². The van der Waals surface area contributed by atoms with Crippen LogP contribution < -0.4 is 10.2 Å². The van der Waals surface area contributed by atoms with Gasteiger partial charge in [-0.05, 0) is 37.3 Å². The van der Waals surface area contributed by atoms with Gasteiger partial charge in [0.2, 0.25) is 11.8 Å². The van der Waals surface area contributed by atoms with Crippen molar-refractivity contribution in [3.05, 3.63) is 64.9 Å². The van der Waals surface area contributed by atoms with E-state index in [2.05, 4.69) is 25.3 Å². The smallest absolute Gasteiger partial charge is 0.261 e.